The highest BCUT2D eigenvalue weighted by Gasteiger charge is 2.39. The number of aromatic nitrogens is 1. The Kier molecular flexibility index (Phi) is 2.61. The molecule has 1 aromatic rings. The van der Waals surface area contributed by atoms with Gasteiger partial charge in [0.15, 0.2) is 5.01 Å². The summed E-state index contributed by atoms with van der Waals surface area (Å²) in [5, 5.41) is 6.96. The molecule has 1 amide bonds. The third-order valence-corrected chi connectivity index (χ3v) is 4.40. The van der Waals surface area contributed by atoms with E-state index in [1.54, 1.807) is 0 Å². The number of hydrogen-bond acceptors (Lipinski definition) is 4. The van der Waals surface area contributed by atoms with Crippen molar-refractivity contribution in [2.24, 2.45) is 0 Å². The van der Waals surface area contributed by atoms with Gasteiger partial charge in [0.25, 0.3) is 5.91 Å². The van der Waals surface area contributed by atoms with Crippen LogP contribution < -0.4 is 10.6 Å². The fourth-order valence-corrected chi connectivity index (χ4v) is 3.39. The Morgan fingerprint density at radius 3 is 3.06 bits per heavy atom. The minimum atomic E-state index is -0.101. The molecule has 6 heteroatoms. The highest BCUT2D eigenvalue weighted by Crippen LogP contribution is 2.28. The van der Waals surface area contributed by atoms with Crippen molar-refractivity contribution in [3.8, 4) is 0 Å². The summed E-state index contributed by atoms with van der Waals surface area (Å²) in [4.78, 5) is 15.8. The first-order valence-corrected chi connectivity index (χ1v) is 6.60. The van der Waals surface area contributed by atoms with Gasteiger partial charge in [0.1, 0.15) is 4.34 Å². The molecule has 3 rings (SSSR count). The zero-order valence-electron chi connectivity index (χ0n) is 8.57. The first kappa shape index (κ1) is 10.5. The van der Waals surface area contributed by atoms with Crippen molar-refractivity contribution < 1.29 is 4.79 Å². The number of carbonyl (C=O) groups is 1. The molecule has 0 spiro atoms. The predicted molar refractivity (Wildman–Crippen MR) is 62.9 cm³/mol. The van der Waals surface area contributed by atoms with Crippen LogP contribution in [0.1, 0.15) is 29.1 Å². The van der Waals surface area contributed by atoms with Gasteiger partial charge in [-0.15, -0.1) is 0 Å². The standard InChI is InChI=1S/C10H12ClN3OS/c11-8-4-12-10(16-8)9(15)14-7-3-5-1-2-6(7)13-5/h4-7,13H,1-3H2,(H,14,15)/t5-,6+,7-/m1/s1. The Morgan fingerprint density at radius 1 is 1.62 bits per heavy atom. The van der Waals surface area contributed by atoms with Gasteiger partial charge in [-0.3, -0.25) is 4.79 Å². The van der Waals surface area contributed by atoms with Crippen molar-refractivity contribution in [3.05, 3.63) is 15.5 Å². The minimum Gasteiger partial charge on any atom is -0.346 e. The van der Waals surface area contributed by atoms with Crippen molar-refractivity contribution in [2.75, 3.05) is 0 Å². The van der Waals surface area contributed by atoms with Crippen molar-refractivity contribution in [1.82, 2.24) is 15.6 Å². The van der Waals surface area contributed by atoms with E-state index in [1.165, 1.54) is 24.0 Å². The lowest BCUT2D eigenvalue weighted by Crippen LogP contribution is -2.42. The van der Waals surface area contributed by atoms with Gasteiger partial charge in [0.05, 0.1) is 6.20 Å². The molecule has 0 radical (unpaired) electrons. The van der Waals surface area contributed by atoms with E-state index >= 15 is 0 Å². The van der Waals surface area contributed by atoms with E-state index < -0.39 is 0 Å². The quantitative estimate of drug-likeness (QED) is 0.843. The number of halogens is 1. The lowest BCUT2D eigenvalue weighted by Gasteiger charge is -2.20. The van der Waals surface area contributed by atoms with Crippen LogP contribution in [0.2, 0.25) is 4.34 Å². The predicted octanol–water partition coefficient (Wildman–Crippen LogP) is 1.42. The smallest absolute Gasteiger partial charge is 0.280 e. The average Bonchev–Trinajstić information content (AvgIpc) is 2.92. The van der Waals surface area contributed by atoms with Gasteiger partial charge in [-0.25, -0.2) is 4.98 Å². The van der Waals surface area contributed by atoms with Crippen molar-refractivity contribution in [2.45, 2.75) is 37.4 Å². The summed E-state index contributed by atoms with van der Waals surface area (Å²) >= 11 is 6.97. The lowest BCUT2D eigenvalue weighted by molar-refractivity contribution is 0.0930. The number of thiazole rings is 1. The van der Waals surface area contributed by atoms with Crippen LogP contribution in [0.15, 0.2) is 6.20 Å². The molecule has 4 nitrogen and oxygen atoms in total. The van der Waals surface area contributed by atoms with E-state index in [1.807, 2.05) is 0 Å². The van der Waals surface area contributed by atoms with Crippen molar-refractivity contribution >= 4 is 28.8 Å². The fourth-order valence-electron chi connectivity index (χ4n) is 2.57. The second kappa shape index (κ2) is 3.98. The number of fused-ring (bicyclic) bond motifs is 2. The second-order valence-electron chi connectivity index (χ2n) is 4.33. The Labute approximate surface area is 102 Å². The van der Waals surface area contributed by atoms with Gasteiger partial charge in [-0.05, 0) is 19.3 Å². The molecule has 2 aliphatic rings. The number of nitrogens with zero attached hydrogens (tertiary/aromatic N) is 1. The Balaban J connectivity index is 1.65. The summed E-state index contributed by atoms with van der Waals surface area (Å²) in [7, 11) is 0. The van der Waals surface area contributed by atoms with E-state index in [4.69, 9.17) is 11.6 Å². The molecule has 2 bridgehead atoms. The van der Waals surface area contributed by atoms with Crippen LogP contribution in [0.5, 0.6) is 0 Å². The Hall–Kier alpha value is -0.650. The number of rotatable bonds is 2. The first-order chi connectivity index (χ1) is 7.72. The Morgan fingerprint density at radius 2 is 2.50 bits per heavy atom. The van der Waals surface area contributed by atoms with Crippen molar-refractivity contribution in [3.63, 3.8) is 0 Å². The summed E-state index contributed by atoms with van der Waals surface area (Å²) < 4.78 is 0.552. The summed E-state index contributed by atoms with van der Waals surface area (Å²) in [5.74, 6) is -0.101. The molecule has 1 aromatic heterocycles. The average molecular weight is 258 g/mol. The summed E-state index contributed by atoms with van der Waals surface area (Å²) in [6.45, 7) is 0. The van der Waals surface area contributed by atoms with E-state index in [0.29, 0.717) is 21.4 Å². The highest BCUT2D eigenvalue weighted by atomic mass is 35.5. The maximum atomic E-state index is 11.8. The molecule has 2 N–H and O–H groups in total. The first-order valence-electron chi connectivity index (χ1n) is 5.40. The molecule has 0 aliphatic carbocycles. The van der Waals surface area contributed by atoms with E-state index in [9.17, 15) is 4.79 Å². The third kappa shape index (κ3) is 1.83. The zero-order chi connectivity index (χ0) is 11.1. The molecular weight excluding hydrogens is 246 g/mol. The van der Waals surface area contributed by atoms with Crippen molar-refractivity contribution in [1.29, 1.82) is 0 Å². The largest absolute Gasteiger partial charge is 0.346 e. The molecule has 2 fully saturated rings. The van der Waals surface area contributed by atoms with Crippen LogP contribution in [-0.4, -0.2) is 29.0 Å². The highest BCUT2D eigenvalue weighted by molar-refractivity contribution is 7.17. The second-order valence-corrected chi connectivity index (χ2v) is 5.99. The SMILES string of the molecule is O=C(N[C@@H]1C[C@H]2CC[C@@H]1N2)c1ncc(Cl)s1. The number of hydrogen-bond donors (Lipinski definition) is 2. The molecule has 2 saturated heterocycles. The van der Waals surface area contributed by atoms with E-state index in [-0.39, 0.29) is 11.9 Å². The molecule has 0 aromatic carbocycles. The van der Waals surface area contributed by atoms with Gasteiger partial charge < -0.3 is 10.6 Å². The molecular formula is C10H12ClN3OS. The number of amides is 1. The molecule has 3 heterocycles. The molecule has 0 saturated carbocycles. The van der Waals surface area contributed by atoms with Gasteiger partial charge >= 0.3 is 0 Å². The van der Waals surface area contributed by atoms with Crippen LogP contribution in [0, 0.1) is 0 Å². The Bertz CT molecular complexity index is 422. The number of carbonyl (C=O) groups excluding carboxylic acids is 1. The maximum Gasteiger partial charge on any atom is 0.280 e. The van der Waals surface area contributed by atoms with Crippen LogP contribution in [0.3, 0.4) is 0 Å². The third-order valence-electron chi connectivity index (χ3n) is 3.29. The normalized spacial score (nSPS) is 31.9. The van der Waals surface area contributed by atoms with Gasteiger partial charge in [0, 0.05) is 18.1 Å². The van der Waals surface area contributed by atoms with Gasteiger partial charge in [0.2, 0.25) is 0 Å². The summed E-state index contributed by atoms with van der Waals surface area (Å²) in [6, 6.07) is 1.30. The summed E-state index contributed by atoms with van der Waals surface area (Å²) in [5.41, 5.74) is 0. The maximum absolute atomic E-state index is 11.8. The monoisotopic (exact) mass is 257 g/mol. The number of nitrogens with one attached hydrogen (secondary N) is 2. The zero-order valence-corrected chi connectivity index (χ0v) is 10.1. The lowest BCUT2D eigenvalue weighted by atomic mass is 9.95. The molecule has 0 unspecified atom stereocenters. The van der Waals surface area contributed by atoms with E-state index in [2.05, 4.69) is 15.6 Å². The van der Waals surface area contributed by atoms with Gasteiger partial charge in [-0.1, -0.05) is 22.9 Å². The van der Waals surface area contributed by atoms with Crippen LogP contribution >= 0.6 is 22.9 Å². The van der Waals surface area contributed by atoms with Gasteiger partial charge in [-0.2, -0.15) is 0 Å². The summed E-state index contributed by atoms with van der Waals surface area (Å²) in [6.07, 6.45) is 4.95. The molecule has 3 atom stereocenters. The minimum absolute atomic E-state index is 0.101. The molecule has 16 heavy (non-hydrogen) atoms. The van der Waals surface area contributed by atoms with Crippen LogP contribution in [0.4, 0.5) is 0 Å². The van der Waals surface area contributed by atoms with Crippen LogP contribution in [0.25, 0.3) is 0 Å². The topological polar surface area (TPSA) is 54.0 Å². The molecule has 2 aliphatic heterocycles. The fraction of sp³-hybridized carbons (Fsp3) is 0.600. The van der Waals surface area contributed by atoms with E-state index in [0.717, 1.165) is 12.8 Å². The molecule has 86 valence electrons. The van der Waals surface area contributed by atoms with Crippen LogP contribution in [-0.2, 0) is 0 Å².